The Hall–Kier alpha value is -5.06. The van der Waals surface area contributed by atoms with Crippen LogP contribution in [0.15, 0.2) is 117 Å². The number of fused-ring (bicyclic) bond motifs is 3. The summed E-state index contributed by atoms with van der Waals surface area (Å²) in [5.74, 6) is -1.45. The van der Waals surface area contributed by atoms with Crippen molar-refractivity contribution in [3.05, 3.63) is 118 Å². The molecule has 20 unspecified atom stereocenters. The third-order valence-electron chi connectivity index (χ3n) is 17.8. The summed E-state index contributed by atoms with van der Waals surface area (Å²) in [5, 5.41) is 34.7. The first-order chi connectivity index (χ1) is 39.8. The van der Waals surface area contributed by atoms with Crippen molar-refractivity contribution >= 4 is 16.9 Å². The van der Waals surface area contributed by atoms with E-state index >= 15 is 0 Å². The number of hydrogen-bond acceptors (Lipinski definition) is 18. The molecule has 0 radical (unpaired) electrons. The molecule has 18 heteroatoms. The van der Waals surface area contributed by atoms with Crippen molar-refractivity contribution in [2.45, 2.75) is 191 Å². The van der Waals surface area contributed by atoms with Gasteiger partial charge in [-0.3, -0.25) is 9.59 Å². The van der Waals surface area contributed by atoms with E-state index in [1.807, 2.05) is 62.4 Å². The number of rotatable bonds is 11. The fraction of sp³-hybridized carbons (Fsp3) is 0.600. The minimum Gasteiger partial charge on any atom is -0.493 e. The highest BCUT2D eigenvalue weighted by molar-refractivity contribution is 5.86. The maximum absolute atomic E-state index is 14.3. The number of benzene rings is 2. The Balaban J connectivity index is 0.000000328. The van der Waals surface area contributed by atoms with Crippen molar-refractivity contribution < 1.29 is 81.4 Å². The van der Waals surface area contributed by atoms with Gasteiger partial charge in [-0.15, -0.1) is 0 Å². The molecule has 10 rings (SSSR count). The van der Waals surface area contributed by atoms with E-state index in [0.717, 1.165) is 17.6 Å². The standard InChI is InChI=1S/C48H72O14.C17H14O4/c1-11-25(2)43-28(5)17-18-47(62-43)23-34-20-33(61-47)16-15-27(4)42(26(3)13-12-14-32-24-55-45-40(49)29(6)19-35(46(51)58-34)48(32,45)52)59-39-22-37(54-10)44(31(8)57-39)60-38-21-36(53-9)41(50)30(7)56-38;1-19-13-10-6-9-12-14(18)17(20-2)15(21-16(12)13)11-7-4-3-5-8-11/h12-15,17-19,25-26,28,30-31,33-45,49-50,52H,11,16,20-24H2,1-10H3;3-10H,1-2H3. The molecule has 3 N–H and O–H groups in total. The van der Waals surface area contributed by atoms with Gasteiger partial charge in [0, 0.05) is 57.3 Å². The lowest BCUT2D eigenvalue weighted by Gasteiger charge is -2.48. The van der Waals surface area contributed by atoms with Gasteiger partial charge in [0.2, 0.25) is 11.2 Å². The van der Waals surface area contributed by atoms with Crippen LogP contribution in [0.1, 0.15) is 93.9 Å². The molecule has 1 aromatic heterocycles. The molecule has 83 heavy (non-hydrogen) atoms. The predicted molar refractivity (Wildman–Crippen MR) is 308 cm³/mol. The molecule has 0 saturated carbocycles. The second-order valence-corrected chi connectivity index (χ2v) is 23.5. The van der Waals surface area contributed by atoms with E-state index in [1.165, 1.54) is 7.11 Å². The summed E-state index contributed by atoms with van der Waals surface area (Å²) in [4.78, 5) is 26.9. The highest BCUT2D eigenvalue weighted by Gasteiger charge is 2.60. The lowest BCUT2D eigenvalue weighted by Crippen LogP contribution is -2.58. The van der Waals surface area contributed by atoms with Crippen LogP contribution in [0.4, 0.5) is 0 Å². The zero-order valence-corrected chi connectivity index (χ0v) is 50.0. The second-order valence-electron chi connectivity index (χ2n) is 23.5. The smallest absolute Gasteiger partial charge is 0.316 e. The van der Waals surface area contributed by atoms with E-state index in [0.29, 0.717) is 65.7 Å². The van der Waals surface area contributed by atoms with Gasteiger partial charge in [-0.2, -0.15) is 0 Å². The summed E-state index contributed by atoms with van der Waals surface area (Å²) < 4.78 is 80.1. The maximum atomic E-state index is 14.3. The topological polar surface area (TPSA) is 219 Å². The van der Waals surface area contributed by atoms with Gasteiger partial charge in [-0.25, -0.2) is 0 Å². The fourth-order valence-corrected chi connectivity index (χ4v) is 12.9. The largest absolute Gasteiger partial charge is 0.493 e. The Labute approximate surface area is 487 Å². The molecular weight excluding hydrogens is 1070 g/mol. The van der Waals surface area contributed by atoms with Crippen LogP contribution in [-0.4, -0.2) is 154 Å². The van der Waals surface area contributed by atoms with Crippen molar-refractivity contribution in [1.82, 2.24) is 0 Å². The molecule has 4 fully saturated rings. The SMILES string of the molecule is CCC(C)C1OC2(C=CC1C)CC1CC(CC=C(C)C(OC3CC(OC)C(OC4CC(OC)C(O)C(C)O4)C(C)O3)C(C)C=CC=C3COC4C(O)C(C)=CC(C(=O)O1)C34O)O2.COc1c(-c2ccccc2)oc2c(OC)cccc2c1=O. The fourth-order valence-electron chi connectivity index (χ4n) is 12.9. The van der Waals surface area contributed by atoms with Crippen LogP contribution >= 0.6 is 0 Å². The number of carbonyl (C=O) groups excluding carboxylic acids is 1. The van der Waals surface area contributed by atoms with Gasteiger partial charge in [0.15, 0.2) is 35.5 Å². The van der Waals surface area contributed by atoms with Crippen molar-refractivity contribution in [3.63, 3.8) is 0 Å². The van der Waals surface area contributed by atoms with Gasteiger partial charge in [-0.05, 0) is 75.0 Å². The van der Waals surface area contributed by atoms with Crippen LogP contribution in [0.2, 0.25) is 0 Å². The third kappa shape index (κ3) is 13.1. The number of ether oxygens (including phenoxy) is 12. The van der Waals surface area contributed by atoms with Crippen molar-refractivity contribution in [1.29, 1.82) is 0 Å². The van der Waals surface area contributed by atoms with E-state index in [1.54, 1.807) is 65.5 Å². The third-order valence-corrected chi connectivity index (χ3v) is 17.8. The van der Waals surface area contributed by atoms with Gasteiger partial charge in [0.1, 0.15) is 42.0 Å². The number of para-hydroxylation sites is 1. The van der Waals surface area contributed by atoms with Gasteiger partial charge >= 0.3 is 5.97 Å². The van der Waals surface area contributed by atoms with Crippen LogP contribution in [-0.2, 0) is 52.2 Å². The predicted octanol–water partition coefficient (Wildman–Crippen LogP) is 8.85. The highest BCUT2D eigenvalue weighted by atomic mass is 16.7. The monoisotopic (exact) mass is 1150 g/mol. The summed E-state index contributed by atoms with van der Waals surface area (Å²) in [5.41, 5.74) is 1.12. The number of aliphatic hydroxyl groups is 3. The van der Waals surface area contributed by atoms with E-state index in [2.05, 4.69) is 39.8 Å². The minimum absolute atomic E-state index is 0.0317. The molecule has 20 atom stereocenters. The number of carbonyl (C=O) groups is 1. The van der Waals surface area contributed by atoms with E-state index in [-0.39, 0.29) is 53.9 Å². The van der Waals surface area contributed by atoms with Gasteiger partial charge < -0.3 is 76.6 Å². The number of esters is 1. The van der Waals surface area contributed by atoms with Crippen LogP contribution in [0.25, 0.3) is 22.3 Å². The zero-order chi connectivity index (χ0) is 59.5. The molecule has 7 heterocycles. The molecule has 2 aromatic carbocycles. The first-order valence-corrected chi connectivity index (χ1v) is 29.4. The summed E-state index contributed by atoms with van der Waals surface area (Å²) in [7, 11) is 6.23. The molecule has 18 nitrogen and oxygen atoms in total. The molecule has 1 aliphatic carbocycles. The van der Waals surface area contributed by atoms with Crippen molar-refractivity contribution in [3.8, 4) is 22.8 Å². The molecule has 4 saturated heterocycles. The Morgan fingerprint density at radius 1 is 0.795 bits per heavy atom. The van der Waals surface area contributed by atoms with Gasteiger partial charge in [-0.1, -0.05) is 107 Å². The van der Waals surface area contributed by atoms with Crippen molar-refractivity contribution in [2.24, 2.45) is 23.7 Å². The normalized spacial score (nSPS) is 37.7. The lowest BCUT2D eigenvalue weighted by atomic mass is 9.71. The Kier molecular flexibility index (Phi) is 20.1. The number of hydrogen-bond donors (Lipinski definition) is 3. The Bertz CT molecular complexity index is 2930. The number of allylic oxidation sites excluding steroid dienone is 2. The molecule has 3 aromatic rings. The Morgan fingerprint density at radius 3 is 2.23 bits per heavy atom. The molecule has 7 aliphatic rings. The van der Waals surface area contributed by atoms with Gasteiger partial charge in [0.25, 0.3) is 0 Å². The summed E-state index contributed by atoms with van der Waals surface area (Å²) in [6, 6.07) is 14.6. The quantitative estimate of drug-likeness (QED) is 0.121. The molecule has 0 amide bonds. The second kappa shape index (κ2) is 26.7. The first kappa shape index (κ1) is 62.5. The summed E-state index contributed by atoms with van der Waals surface area (Å²) >= 11 is 0. The zero-order valence-electron chi connectivity index (χ0n) is 50.0. The van der Waals surface area contributed by atoms with E-state index < -0.39 is 90.8 Å². The van der Waals surface area contributed by atoms with E-state index in [4.69, 9.17) is 61.3 Å². The molecule has 1 spiro atoms. The minimum atomic E-state index is -1.84. The highest BCUT2D eigenvalue weighted by Crippen LogP contribution is 2.47. The summed E-state index contributed by atoms with van der Waals surface area (Å²) in [6.07, 6.45) is 8.55. The lowest BCUT2D eigenvalue weighted by molar-refractivity contribution is -0.318. The van der Waals surface area contributed by atoms with Gasteiger partial charge in [0.05, 0.1) is 68.9 Å². The maximum Gasteiger partial charge on any atom is 0.316 e. The summed E-state index contributed by atoms with van der Waals surface area (Å²) in [6.45, 7) is 16.1. The molecule has 454 valence electrons. The van der Waals surface area contributed by atoms with Crippen molar-refractivity contribution in [2.75, 3.05) is 35.0 Å². The van der Waals surface area contributed by atoms with E-state index in [9.17, 15) is 24.9 Å². The first-order valence-electron chi connectivity index (χ1n) is 29.4. The average Bonchev–Trinajstić information content (AvgIpc) is 2.54. The molecule has 2 bridgehead atoms. The average molecular weight is 1160 g/mol. The molecule has 6 aliphatic heterocycles. The van der Waals surface area contributed by atoms with Crippen LogP contribution in [0, 0.1) is 23.7 Å². The number of methoxy groups -OCH3 is 4. The van der Waals surface area contributed by atoms with Crippen LogP contribution < -0.4 is 14.9 Å². The van der Waals surface area contributed by atoms with Crippen LogP contribution in [0.3, 0.4) is 0 Å². The van der Waals surface area contributed by atoms with Crippen LogP contribution in [0.5, 0.6) is 11.5 Å². The Morgan fingerprint density at radius 2 is 1.52 bits per heavy atom. The number of aliphatic hydroxyl groups excluding tert-OH is 2. The molecular formula is C65H86O18.